The molecular weight excluding hydrogens is 374 g/mol. The van der Waals surface area contributed by atoms with Crippen molar-refractivity contribution in [1.82, 2.24) is 10.2 Å². The van der Waals surface area contributed by atoms with Crippen LogP contribution in [0.15, 0.2) is 53.4 Å². The van der Waals surface area contributed by atoms with E-state index in [9.17, 15) is 14.9 Å². The summed E-state index contributed by atoms with van der Waals surface area (Å²) >= 11 is 1.46. The maximum atomic E-state index is 12.6. The van der Waals surface area contributed by atoms with Crippen molar-refractivity contribution in [2.75, 3.05) is 25.9 Å². The second-order valence-corrected chi connectivity index (χ2v) is 7.96. The maximum Gasteiger partial charge on any atom is 0.282 e. The molecule has 1 unspecified atom stereocenters. The average Bonchev–Trinajstić information content (AvgIpc) is 2.72. The van der Waals surface area contributed by atoms with E-state index in [1.165, 1.54) is 23.4 Å². The number of thioether (sulfide) groups is 1. The first kappa shape index (κ1) is 20.4. The number of amides is 1. The lowest BCUT2D eigenvalue weighted by Crippen LogP contribution is -2.40. The fourth-order valence-corrected chi connectivity index (χ4v) is 4.06. The highest BCUT2D eigenvalue weighted by atomic mass is 32.2. The van der Waals surface area contributed by atoms with Crippen LogP contribution in [-0.4, -0.2) is 41.6 Å². The molecule has 2 aromatic rings. The van der Waals surface area contributed by atoms with Gasteiger partial charge in [-0.2, -0.15) is 0 Å². The maximum absolute atomic E-state index is 12.6. The monoisotopic (exact) mass is 399 g/mol. The van der Waals surface area contributed by atoms with Gasteiger partial charge >= 0.3 is 0 Å². The summed E-state index contributed by atoms with van der Waals surface area (Å²) < 4.78 is 0. The number of nitro benzene ring substituents is 1. The van der Waals surface area contributed by atoms with Crippen LogP contribution in [0.2, 0.25) is 0 Å². The van der Waals surface area contributed by atoms with E-state index in [0.717, 1.165) is 37.4 Å². The number of benzene rings is 2. The molecule has 0 saturated carbocycles. The molecule has 0 aliphatic carbocycles. The van der Waals surface area contributed by atoms with Crippen molar-refractivity contribution in [3.8, 4) is 0 Å². The van der Waals surface area contributed by atoms with Crippen molar-refractivity contribution in [2.24, 2.45) is 5.92 Å². The van der Waals surface area contributed by atoms with Gasteiger partial charge in [-0.15, -0.1) is 11.8 Å². The number of likely N-dealkylation sites (tertiary alicyclic amines) is 1. The first-order chi connectivity index (χ1) is 13.6. The molecule has 1 N–H and O–H groups in total. The first-order valence-electron chi connectivity index (χ1n) is 9.43. The lowest BCUT2D eigenvalue weighted by molar-refractivity contribution is -0.385. The number of hydrogen-bond donors (Lipinski definition) is 1. The molecule has 28 heavy (non-hydrogen) atoms. The number of hydrogen-bond acceptors (Lipinski definition) is 5. The Hall–Kier alpha value is -2.38. The standard InChI is InChI=1S/C21H25N3O3S/c1-28-18-9-10-20(24(26)27)19(12-18)21(25)22-13-17-8-5-11-23(15-17)14-16-6-3-2-4-7-16/h2-4,6-7,9-10,12,17H,5,8,11,13-15H2,1H3,(H,22,25). The molecule has 1 fully saturated rings. The van der Waals surface area contributed by atoms with Gasteiger partial charge in [0.15, 0.2) is 0 Å². The van der Waals surface area contributed by atoms with Gasteiger partial charge in [0.2, 0.25) is 0 Å². The predicted molar refractivity (Wildman–Crippen MR) is 112 cm³/mol. The van der Waals surface area contributed by atoms with Crippen molar-refractivity contribution in [1.29, 1.82) is 0 Å². The van der Waals surface area contributed by atoms with Gasteiger partial charge in [0.25, 0.3) is 11.6 Å². The molecule has 2 aromatic carbocycles. The van der Waals surface area contributed by atoms with Gasteiger partial charge in [-0.05, 0) is 49.3 Å². The number of carbonyl (C=O) groups is 1. The first-order valence-corrected chi connectivity index (χ1v) is 10.7. The van der Waals surface area contributed by atoms with Crippen molar-refractivity contribution in [3.63, 3.8) is 0 Å². The molecule has 1 aliphatic heterocycles. The number of rotatable bonds is 7. The van der Waals surface area contributed by atoms with Crippen molar-refractivity contribution in [2.45, 2.75) is 24.3 Å². The Morgan fingerprint density at radius 3 is 2.79 bits per heavy atom. The van der Waals surface area contributed by atoms with E-state index >= 15 is 0 Å². The van der Waals surface area contributed by atoms with E-state index in [1.807, 2.05) is 24.5 Å². The van der Waals surface area contributed by atoms with Gasteiger partial charge in [-0.1, -0.05) is 30.3 Å². The lowest BCUT2D eigenvalue weighted by Gasteiger charge is -2.32. The lowest BCUT2D eigenvalue weighted by atomic mass is 9.97. The third-order valence-electron chi connectivity index (χ3n) is 5.05. The predicted octanol–water partition coefficient (Wildman–Crippen LogP) is 3.96. The van der Waals surface area contributed by atoms with Crippen LogP contribution in [0.5, 0.6) is 0 Å². The molecule has 3 rings (SSSR count). The zero-order valence-corrected chi connectivity index (χ0v) is 16.8. The summed E-state index contributed by atoms with van der Waals surface area (Å²) in [6, 6.07) is 15.0. The Morgan fingerprint density at radius 1 is 1.29 bits per heavy atom. The minimum absolute atomic E-state index is 0.133. The number of nitrogens with one attached hydrogen (secondary N) is 1. The van der Waals surface area contributed by atoms with E-state index < -0.39 is 4.92 Å². The SMILES string of the molecule is CSc1ccc([N+](=O)[O-])c(C(=O)NCC2CCCN(Cc3ccccc3)C2)c1. The van der Waals surface area contributed by atoms with Gasteiger partial charge < -0.3 is 5.32 Å². The van der Waals surface area contributed by atoms with Crippen LogP contribution in [0.1, 0.15) is 28.8 Å². The zero-order chi connectivity index (χ0) is 19.9. The minimum atomic E-state index is -0.499. The second kappa shape index (κ2) is 9.71. The zero-order valence-electron chi connectivity index (χ0n) is 16.0. The molecule has 6 nitrogen and oxygen atoms in total. The summed E-state index contributed by atoms with van der Waals surface area (Å²) in [4.78, 5) is 26.6. The quantitative estimate of drug-likeness (QED) is 0.433. The molecule has 1 saturated heterocycles. The summed E-state index contributed by atoms with van der Waals surface area (Å²) in [6.07, 6.45) is 4.03. The number of nitrogens with zero attached hydrogens (tertiary/aromatic N) is 2. The van der Waals surface area contributed by atoms with E-state index in [2.05, 4.69) is 22.3 Å². The van der Waals surface area contributed by atoms with Crippen molar-refractivity contribution >= 4 is 23.4 Å². The summed E-state index contributed by atoms with van der Waals surface area (Å²) in [5, 5.41) is 14.2. The average molecular weight is 400 g/mol. The molecule has 0 aromatic heterocycles. The molecule has 0 radical (unpaired) electrons. The van der Waals surface area contributed by atoms with E-state index in [0.29, 0.717) is 12.5 Å². The van der Waals surface area contributed by atoms with Crippen molar-refractivity contribution < 1.29 is 9.72 Å². The molecule has 1 heterocycles. The van der Waals surface area contributed by atoms with Gasteiger partial charge in [-0.25, -0.2) is 0 Å². The van der Waals surface area contributed by atoms with E-state index in [1.54, 1.807) is 12.1 Å². The normalized spacial score (nSPS) is 17.2. The molecule has 1 aliphatic rings. The molecule has 1 atom stereocenters. The fraction of sp³-hybridized carbons (Fsp3) is 0.381. The molecule has 0 bridgehead atoms. The van der Waals surface area contributed by atoms with Crippen LogP contribution in [0.4, 0.5) is 5.69 Å². The third-order valence-corrected chi connectivity index (χ3v) is 5.77. The van der Waals surface area contributed by atoms with E-state index in [-0.39, 0.29) is 17.2 Å². The summed E-state index contributed by atoms with van der Waals surface area (Å²) in [6.45, 7) is 3.42. The fourth-order valence-electron chi connectivity index (χ4n) is 3.62. The Bertz CT molecular complexity index is 829. The molecule has 0 spiro atoms. The highest BCUT2D eigenvalue weighted by Crippen LogP contribution is 2.25. The van der Waals surface area contributed by atoms with E-state index in [4.69, 9.17) is 0 Å². The summed E-state index contributed by atoms with van der Waals surface area (Å²) in [5.41, 5.74) is 1.27. The molecular formula is C21H25N3O3S. The third kappa shape index (κ3) is 5.33. The minimum Gasteiger partial charge on any atom is -0.351 e. The molecule has 1 amide bonds. The van der Waals surface area contributed by atoms with Crippen LogP contribution >= 0.6 is 11.8 Å². The van der Waals surface area contributed by atoms with Gasteiger partial charge in [0.05, 0.1) is 4.92 Å². The van der Waals surface area contributed by atoms with Crippen molar-refractivity contribution in [3.05, 3.63) is 69.8 Å². The summed E-state index contributed by atoms with van der Waals surface area (Å²) in [7, 11) is 0. The number of piperidine rings is 1. The second-order valence-electron chi connectivity index (χ2n) is 7.08. The van der Waals surface area contributed by atoms with Gasteiger partial charge in [0, 0.05) is 30.6 Å². The Labute approximate surface area is 169 Å². The summed E-state index contributed by atoms with van der Waals surface area (Å²) in [5.74, 6) is -0.0213. The topological polar surface area (TPSA) is 75.5 Å². The van der Waals surface area contributed by atoms with Crippen LogP contribution in [0.25, 0.3) is 0 Å². The smallest absolute Gasteiger partial charge is 0.282 e. The Balaban J connectivity index is 1.59. The highest BCUT2D eigenvalue weighted by molar-refractivity contribution is 7.98. The van der Waals surface area contributed by atoms with Crippen LogP contribution in [0.3, 0.4) is 0 Å². The van der Waals surface area contributed by atoms with Gasteiger partial charge in [-0.3, -0.25) is 19.8 Å². The Morgan fingerprint density at radius 2 is 2.07 bits per heavy atom. The molecule has 148 valence electrons. The van der Waals surface area contributed by atoms with Crippen LogP contribution in [-0.2, 0) is 6.54 Å². The van der Waals surface area contributed by atoms with Gasteiger partial charge in [0.1, 0.15) is 5.56 Å². The number of nitro groups is 1. The largest absolute Gasteiger partial charge is 0.351 e. The molecule has 7 heteroatoms. The number of carbonyl (C=O) groups excluding carboxylic acids is 1. The van der Waals surface area contributed by atoms with Crippen LogP contribution in [0, 0.1) is 16.0 Å². The van der Waals surface area contributed by atoms with Crippen LogP contribution < -0.4 is 5.32 Å². The Kier molecular flexibility index (Phi) is 7.06. The highest BCUT2D eigenvalue weighted by Gasteiger charge is 2.24.